The number of rotatable bonds is 5. The van der Waals surface area contributed by atoms with Crippen molar-refractivity contribution in [3.63, 3.8) is 0 Å². The van der Waals surface area contributed by atoms with E-state index in [9.17, 15) is 13.6 Å². The highest BCUT2D eigenvalue weighted by Gasteiger charge is 2.19. The van der Waals surface area contributed by atoms with Crippen molar-refractivity contribution >= 4 is 15.5 Å². The maximum absolute atomic E-state index is 12.5. The van der Waals surface area contributed by atoms with Crippen molar-refractivity contribution in [1.29, 1.82) is 0 Å². The molecule has 0 heterocycles. The molecule has 5 heteroatoms. The summed E-state index contributed by atoms with van der Waals surface area (Å²) in [5.41, 5.74) is 2.76. The fourth-order valence-electron chi connectivity index (χ4n) is 2.55. The van der Waals surface area contributed by atoms with E-state index in [2.05, 4.69) is 5.16 Å². The summed E-state index contributed by atoms with van der Waals surface area (Å²) in [6, 6.07) is 25.3. The molecule has 3 aromatic rings. The van der Waals surface area contributed by atoms with E-state index >= 15 is 0 Å². The minimum atomic E-state index is -3.57. The van der Waals surface area contributed by atoms with Gasteiger partial charge in [0.15, 0.2) is 9.84 Å². The van der Waals surface area contributed by atoms with E-state index in [0.29, 0.717) is 5.56 Å². The van der Waals surface area contributed by atoms with Gasteiger partial charge in [0.25, 0.3) is 0 Å². The first-order valence-electron chi connectivity index (χ1n) is 7.75. The molecule has 0 amide bonds. The van der Waals surface area contributed by atoms with Gasteiger partial charge in [-0.15, -0.1) is 0 Å². The van der Waals surface area contributed by atoms with Gasteiger partial charge < -0.3 is 5.21 Å². The number of hydrogen-bond donors (Lipinski definition) is 1. The van der Waals surface area contributed by atoms with Crippen LogP contribution in [0.2, 0.25) is 0 Å². The molecule has 3 aromatic carbocycles. The number of sulfone groups is 1. The van der Waals surface area contributed by atoms with E-state index in [-0.39, 0.29) is 16.4 Å². The van der Waals surface area contributed by atoms with E-state index in [1.54, 1.807) is 30.3 Å². The summed E-state index contributed by atoms with van der Waals surface area (Å²) in [6.45, 7) is 0. The summed E-state index contributed by atoms with van der Waals surface area (Å²) >= 11 is 0. The van der Waals surface area contributed by atoms with Gasteiger partial charge in [-0.3, -0.25) is 0 Å². The van der Waals surface area contributed by atoms with Crippen molar-refractivity contribution < 1.29 is 13.6 Å². The number of benzene rings is 3. The molecule has 0 aliphatic rings. The molecule has 0 spiro atoms. The largest absolute Gasteiger partial charge is 0.411 e. The van der Waals surface area contributed by atoms with Crippen LogP contribution in [0.5, 0.6) is 0 Å². The molecule has 0 unspecified atom stereocenters. The fraction of sp³-hybridized carbons (Fsp3) is 0.0500. The smallest absolute Gasteiger partial charge is 0.184 e. The van der Waals surface area contributed by atoms with Gasteiger partial charge in [0.2, 0.25) is 0 Å². The second-order valence-electron chi connectivity index (χ2n) is 5.56. The zero-order valence-electron chi connectivity index (χ0n) is 13.4. The minimum absolute atomic E-state index is 0.114. The average molecular weight is 351 g/mol. The van der Waals surface area contributed by atoms with Crippen LogP contribution in [-0.2, 0) is 9.84 Å². The highest BCUT2D eigenvalue weighted by atomic mass is 32.2. The van der Waals surface area contributed by atoms with E-state index in [0.717, 1.165) is 11.1 Å². The maximum Gasteiger partial charge on any atom is 0.184 e. The zero-order valence-corrected chi connectivity index (χ0v) is 14.2. The highest BCUT2D eigenvalue weighted by molar-refractivity contribution is 7.92. The third-order valence-electron chi connectivity index (χ3n) is 3.88. The molecular formula is C20H17NO3S. The van der Waals surface area contributed by atoms with E-state index in [1.165, 1.54) is 12.1 Å². The predicted octanol–water partition coefficient (Wildman–Crippen LogP) is 4.01. The summed E-state index contributed by atoms with van der Waals surface area (Å²) in [7, 11) is -3.57. The van der Waals surface area contributed by atoms with Crippen molar-refractivity contribution in [2.24, 2.45) is 5.16 Å². The molecule has 1 N–H and O–H groups in total. The van der Waals surface area contributed by atoms with Gasteiger partial charge in [-0.25, -0.2) is 8.42 Å². The Bertz CT molecular complexity index is 964. The van der Waals surface area contributed by atoms with Crippen LogP contribution in [-0.4, -0.2) is 25.1 Å². The van der Waals surface area contributed by atoms with Gasteiger partial charge in [0.1, 0.15) is 11.5 Å². The predicted molar refractivity (Wildman–Crippen MR) is 98.7 cm³/mol. The Morgan fingerprint density at radius 3 is 1.84 bits per heavy atom. The third kappa shape index (κ3) is 3.95. The molecule has 0 aliphatic carbocycles. The van der Waals surface area contributed by atoms with Crippen molar-refractivity contribution in [2.45, 2.75) is 4.90 Å². The molecule has 0 radical (unpaired) electrons. The minimum Gasteiger partial charge on any atom is -0.411 e. The summed E-state index contributed by atoms with van der Waals surface area (Å²) < 4.78 is 24.9. The van der Waals surface area contributed by atoms with Crippen molar-refractivity contribution in [1.82, 2.24) is 0 Å². The van der Waals surface area contributed by atoms with Gasteiger partial charge in [0, 0.05) is 5.56 Å². The van der Waals surface area contributed by atoms with Crippen LogP contribution in [0.25, 0.3) is 11.1 Å². The molecule has 4 nitrogen and oxygen atoms in total. The molecule has 0 saturated heterocycles. The lowest BCUT2D eigenvalue weighted by Crippen LogP contribution is -2.17. The van der Waals surface area contributed by atoms with E-state index < -0.39 is 9.84 Å². The second-order valence-corrected chi connectivity index (χ2v) is 7.55. The molecule has 3 rings (SSSR count). The van der Waals surface area contributed by atoms with Gasteiger partial charge >= 0.3 is 0 Å². The second kappa shape index (κ2) is 7.32. The normalized spacial score (nSPS) is 12.1. The maximum atomic E-state index is 12.5. The Labute approximate surface area is 147 Å². The Hall–Kier alpha value is -2.92. The highest BCUT2D eigenvalue weighted by Crippen LogP contribution is 2.20. The molecule has 0 bridgehead atoms. The fourth-order valence-corrected chi connectivity index (χ4v) is 3.87. The van der Waals surface area contributed by atoms with Crippen LogP contribution in [0.15, 0.2) is 95.0 Å². The van der Waals surface area contributed by atoms with Crippen LogP contribution in [0.3, 0.4) is 0 Å². The molecule has 0 atom stereocenters. The first kappa shape index (κ1) is 16.9. The SMILES string of the molecule is O=S(=O)(C/C(=N/O)c1ccc(-c2ccccc2)cc1)c1ccccc1. The lowest BCUT2D eigenvalue weighted by atomic mass is 10.0. The lowest BCUT2D eigenvalue weighted by Gasteiger charge is -2.08. The van der Waals surface area contributed by atoms with Gasteiger partial charge in [-0.2, -0.15) is 0 Å². The van der Waals surface area contributed by atoms with Gasteiger partial charge in [-0.1, -0.05) is 78.0 Å². The molecule has 126 valence electrons. The van der Waals surface area contributed by atoms with E-state index in [4.69, 9.17) is 0 Å². The van der Waals surface area contributed by atoms with Crippen molar-refractivity contribution in [2.75, 3.05) is 5.75 Å². The summed E-state index contributed by atoms with van der Waals surface area (Å²) in [6.07, 6.45) is 0. The Morgan fingerprint density at radius 2 is 1.28 bits per heavy atom. The van der Waals surface area contributed by atoms with Crippen LogP contribution in [0, 0.1) is 0 Å². The topological polar surface area (TPSA) is 66.7 Å². The Morgan fingerprint density at radius 1 is 0.760 bits per heavy atom. The van der Waals surface area contributed by atoms with E-state index in [1.807, 2.05) is 42.5 Å². The standard InChI is InChI=1S/C20H17NO3S/c22-21-20(15-25(23,24)19-9-5-2-6-10-19)18-13-11-17(12-14-18)16-7-3-1-4-8-16/h1-14,22H,15H2/b21-20-. The molecule has 0 fully saturated rings. The van der Waals surface area contributed by atoms with Crippen molar-refractivity contribution in [3.8, 4) is 11.1 Å². The number of nitrogens with zero attached hydrogens (tertiary/aromatic N) is 1. The first-order chi connectivity index (χ1) is 12.1. The number of oxime groups is 1. The van der Waals surface area contributed by atoms with Crippen LogP contribution >= 0.6 is 0 Å². The lowest BCUT2D eigenvalue weighted by molar-refractivity contribution is 0.319. The molecule has 0 aliphatic heterocycles. The summed E-state index contributed by atoms with van der Waals surface area (Å²) in [5, 5.41) is 12.5. The van der Waals surface area contributed by atoms with Crippen LogP contribution < -0.4 is 0 Å². The Kier molecular flexibility index (Phi) is 4.95. The molecule has 0 saturated carbocycles. The van der Waals surface area contributed by atoms with Crippen LogP contribution in [0.4, 0.5) is 0 Å². The molecule has 0 aromatic heterocycles. The Balaban J connectivity index is 1.85. The van der Waals surface area contributed by atoms with Gasteiger partial charge in [-0.05, 0) is 23.3 Å². The number of hydrogen-bond acceptors (Lipinski definition) is 4. The van der Waals surface area contributed by atoms with Crippen molar-refractivity contribution in [3.05, 3.63) is 90.5 Å². The molecule has 25 heavy (non-hydrogen) atoms. The molecular weight excluding hydrogens is 334 g/mol. The zero-order chi connectivity index (χ0) is 17.7. The monoisotopic (exact) mass is 351 g/mol. The van der Waals surface area contributed by atoms with Crippen LogP contribution in [0.1, 0.15) is 5.56 Å². The quantitative estimate of drug-likeness (QED) is 0.429. The van der Waals surface area contributed by atoms with Gasteiger partial charge in [0.05, 0.1) is 4.90 Å². The first-order valence-corrected chi connectivity index (χ1v) is 9.40. The third-order valence-corrected chi connectivity index (χ3v) is 5.52. The summed E-state index contributed by atoms with van der Waals surface area (Å²) in [5.74, 6) is -0.363. The summed E-state index contributed by atoms with van der Waals surface area (Å²) in [4.78, 5) is 0.206. The average Bonchev–Trinajstić information content (AvgIpc) is 2.68.